The topological polar surface area (TPSA) is 36.9 Å². The van der Waals surface area contributed by atoms with Crippen molar-refractivity contribution in [2.75, 3.05) is 28.4 Å². The average molecular weight is 409 g/mol. The van der Waals surface area contributed by atoms with E-state index in [1.807, 2.05) is 24.8 Å². The van der Waals surface area contributed by atoms with Crippen LogP contribution in [-0.4, -0.2) is 83.7 Å². The van der Waals surface area contributed by atoms with Gasteiger partial charge in [-0.25, -0.2) is 19.4 Å². The summed E-state index contributed by atoms with van der Waals surface area (Å²) in [6.45, 7) is 16.1. The molecule has 0 saturated carbocycles. The van der Waals surface area contributed by atoms with Gasteiger partial charge in [0.1, 0.15) is 0 Å². The lowest BCUT2D eigenvalue weighted by atomic mass is 11.1. The van der Waals surface area contributed by atoms with E-state index in [1.165, 1.54) is 0 Å². The number of nitrogens with zero attached hydrogens (tertiary/aromatic N) is 4. The fraction of sp³-hybridized carbons (Fsp3) is 0.333. The Balaban J connectivity index is 3.56. The van der Waals surface area contributed by atoms with Gasteiger partial charge in [-0.2, -0.15) is 15.9 Å². The molecule has 0 amide bonds. The van der Waals surface area contributed by atoms with E-state index in [0.29, 0.717) is 15.9 Å². The quantitative estimate of drug-likeness (QED) is 0.439. The van der Waals surface area contributed by atoms with E-state index < -0.39 is 39.4 Å². The Labute approximate surface area is 154 Å². The molecule has 0 aromatic heterocycles. The van der Waals surface area contributed by atoms with Crippen LogP contribution in [0.2, 0.25) is 0 Å². The van der Waals surface area contributed by atoms with Gasteiger partial charge in [0.15, 0.2) is 0 Å². The summed E-state index contributed by atoms with van der Waals surface area (Å²) in [7, 11) is 2.66. The monoisotopic (exact) mass is 408 g/mol. The molecule has 1 heterocycles. The van der Waals surface area contributed by atoms with Gasteiger partial charge in [-0.1, -0.05) is 0 Å². The average Bonchev–Trinajstić information content (AvgIpc) is 2.63. The van der Waals surface area contributed by atoms with Gasteiger partial charge in [0.05, 0.1) is 53.2 Å². The molecule has 1 rings (SSSR count). The van der Waals surface area contributed by atoms with Gasteiger partial charge in [-0.05, 0) is 26.3 Å². The maximum absolute atomic E-state index is 5.94. The molecule has 8 nitrogen and oxygen atoms in total. The van der Waals surface area contributed by atoms with Crippen LogP contribution in [0.15, 0.2) is 51.1 Å². The maximum atomic E-state index is 5.94. The second kappa shape index (κ2) is 8.26. The van der Waals surface area contributed by atoms with Crippen molar-refractivity contribution in [1.29, 1.82) is 0 Å². The van der Waals surface area contributed by atoms with Crippen molar-refractivity contribution in [1.82, 2.24) is 0 Å². The zero-order valence-electron chi connectivity index (χ0n) is 15.4. The predicted octanol–water partition coefficient (Wildman–Crippen LogP) is -1.92. The molecule has 0 N–H and O–H groups in total. The van der Waals surface area contributed by atoms with Crippen molar-refractivity contribution < 1.29 is 35.3 Å². The molecule has 0 bridgehead atoms. The maximum Gasteiger partial charge on any atom is 0.539 e. The Morgan fingerprint density at radius 3 is 0.750 bits per heavy atom. The summed E-state index contributed by atoms with van der Waals surface area (Å²) in [6, 6.07) is 0. The first kappa shape index (κ1) is 21.6. The van der Waals surface area contributed by atoms with Crippen LogP contribution in [-0.2, 0) is 19.4 Å². The molecule has 0 spiro atoms. The van der Waals surface area contributed by atoms with Crippen LogP contribution in [0.5, 0.6) is 0 Å². The third kappa shape index (κ3) is 4.01. The van der Waals surface area contributed by atoms with Gasteiger partial charge in [0, 0.05) is 0 Å². The molecule has 0 radical (unpaired) electrons. The molecule has 0 aromatic carbocycles. The highest BCUT2D eigenvalue weighted by Crippen LogP contribution is 2.26. The highest BCUT2D eigenvalue weighted by atomic mass is 28.4. The minimum Gasteiger partial charge on any atom is -0.231 e. The standard InChI is InChI=1S/C12H32N4O4Si4/c1-9-13(17-5)21-14(10-2,18-6)23-16(12-4,20-8)24-15(11-3,19-7)22-13/h9-12H,1-4,21-24H2,5-8H3/q+4. The van der Waals surface area contributed by atoms with E-state index in [9.17, 15) is 0 Å². The van der Waals surface area contributed by atoms with E-state index in [1.54, 1.807) is 28.4 Å². The van der Waals surface area contributed by atoms with Crippen LogP contribution in [0.3, 0.4) is 0 Å². The van der Waals surface area contributed by atoms with Crippen molar-refractivity contribution in [3.63, 3.8) is 0 Å². The van der Waals surface area contributed by atoms with Gasteiger partial charge < -0.3 is 0 Å². The number of rotatable bonds is 8. The van der Waals surface area contributed by atoms with Crippen LogP contribution in [0, 0.1) is 0 Å². The second-order valence-electron chi connectivity index (χ2n) is 5.84. The van der Waals surface area contributed by atoms with Crippen LogP contribution >= 0.6 is 0 Å². The van der Waals surface area contributed by atoms with E-state index in [0.717, 1.165) is 0 Å². The summed E-state index contributed by atoms with van der Waals surface area (Å²) in [5, 5.41) is 0. The van der Waals surface area contributed by atoms with E-state index in [-0.39, 0.29) is 0 Å². The van der Waals surface area contributed by atoms with Crippen molar-refractivity contribution in [2.45, 2.75) is 0 Å². The molecule has 0 aromatic rings. The van der Waals surface area contributed by atoms with Gasteiger partial charge >= 0.3 is 39.4 Å². The van der Waals surface area contributed by atoms with Gasteiger partial charge in [-0.3, -0.25) is 0 Å². The first-order valence-corrected chi connectivity index (χ1v) is 12.6. The molecular weight excluding hydrogens is 377 g/mol. The number of quaternary nitrogens is 4. The SMILES string of the molecule is C=C[N+]1(OC)[SiH2][N+](C=C)(OC)[SiH2][N+](C=C)(OC)[SiH2][N+](C=C)(OC)[SiH2]1. The Bertz CT molecular complexity index is 411. The molecule has 1 aliphatic rings. The molecule has 12 heteroatoms. The predicted molar refractivity (Wildman–Crippen MR) is 104 cm³/mol. The fourth-order valence-electron chi connectivity index (χ4n) is 3.02. The Hall–Kier alpha value is -0.492. The lowest BCUT2D eigenvalue weighted by Crippen LogP contribution is -2.79. The molecule has 136 valence electrons. The molecule has 0 unspecified atom stereocenters. The van der Waals surface area contributed by atoms with Crippen molar-refractivity contribution >= 4 is 39.4 Å². The van der Waals surface area contributed by atoms with Crippen molar-refractivity contribution in [3.05, 3.63) is 51.1 Å². The van der Waals surface area contributed by atoms with Crippen molar-refractivity contribution in [2.24, 2.45) is 0 Å². The first-order valence-electron chi connectivity index (χ1n) is 7.56. The molecule has 1 saturated heterocycles. The summed E-state index contributed by atoms with van der Waals surface area (Å²) >= 11 is 0. The summed E-state index contributed by atoms with van der Waals surface area (Å²) in [5.74, 6) is 0. The third-order valence-corrected chi connectivity index (χ3v) is 17.5. The Morgan fingerprint density at radius 2 is 0.667 bits per heavy atom. The first-order chi connectivity index (χ1) is 11.3. The summed E-state index contributed by atoms with van der Waals surface area (Å²) < 4.78 is 1.67. The molecule has 0 aliphatic carbocycles. The van der Waals surface area contributed by atoms with E-state index in [4.69, 9.17) is 19.4 Å². The summed E-state index contributed by atoms with van der Waals surface area (Å²) in [5.41, 5.74) is 0. The van der Waals surface area contributed by atoms with Crippen LogP contribution in [0.4, 0.5) is 0 Å². The molecule has 24 heavy (non-hydrogen) atoms. The highest BCUT2D eigenvalue weighted by molar-refractivity contribution is 6.47. The van der Waals surface area contributed by atoms with Gasteiger partial charge in [0.25, 0.3) is 0 Å². The minimum atomic E-state index is -1.06. The summed E-state index contributed by atoms with van der Waals surface area (Å²) in [4.78, 5) is 23.8. The Kier molecular flexibility index (Phi) is 7.41. The normalized spacial score (nSPS) is 44.2. The lowest BCUT2D eigenvalue weighted by Gasteiger charge is -2.47. The van der Waals surface area contributed by atoms with Crippen LogP contribution < -0.4 is 0 Å². The lowest BCUT2D eigenvalue weighted by molar-refractivity contribution is -1.07. The largest absolute Gasteiger partial charge is 0.539 e. The van der Waals surface area contributed by atoms with Gasteiger partial charge in [-0.15, -0.1) is 0 Å². The van der Waals surface area contributed by atoms with E-state index in [2.05, 4.69) is 26.3 Å². The number of hydrogen-bond donors (Lipinski definition) is 0. The van der Waals surface area contributed by atoms with Crippen molar-refractivity contribution in [3.8, 4) is 0 Å². The number of hydrogen-bond acceptors (Lipinski definition) is 4. The Morgan fingerprint density at radius 1 is 0.500 bits per heavy atom. The summed E-state index contributed by atoms with van der Waals surface area (Å²) in [6.07, 6.45) is 7.53. The van der Waals surface area contributed by atoms with Crippen LogP contribution in [0.25, 0.3) is 0 Å². The van der Waals surface area contributed by atoms with Crippen LogP contribution in [0.1, 0.15) is 0 Å². The molecular formula is C12H32N4O4Si4+4. The molecule has 1 aliphatic heterocycles. The highest BCUT2D eigenvalue weighted by Gasteiger charge is 2.61. The smallest absolute Gasteiger partial charge is 0.231 e. The second-order valence-corrected chi connectivity index (χ2v) is 19.1. The van der Waals surface area contributed by atoms with E-state index >= 15 is 0 Å². The minimum absolute atomic E-state index is 0.417. The zero-order valence-corrected chi connectivity index (χ0v) is 21.0. The third-order valence-electron chi connectivity index (χ3n) is 4.70. The molecule has 1 fully saturated rings. The fourth-order valence-corrected chi connectivity index (χ4v) is 21.1. The number of hydroxylamine groups is 4. The van der Waals surface area contributed by atoms with Gasteiger partial charge in [0.2, 0.25) is 0 Å². The molecule has 0 atom stereocenters. The zero-order chi connectivity index (χ0) is 18.5.